The quantitative estimate of drug-likeness (QED) is 0.666. The molecular weight excluding hydrogens is 364 g/mol. The Morgan fingerprint density at radius 2 is 1.72 bits per heavy atom. The van der Waals surface area contributed by atoms with Gasteiger partial charge in [0.25, 0.3) is 0 Å². The summed E-state index contributed by atoms with van der Waals surface area (Å²) in [6, 6.07) is 16.5. The molecule has 1 saturated heterocycles. The van der Waals surface area contributed by atoms with Gasteiger partial charge >= 0.3 is 0 Å². The molecule has 0 N–H and O–H groups in total. The van der Waals surface area contributed by atoms with Crippen molar-refractivity contribution < 1.29 is 9.21 Å². The van der Waals surface area contributed by atoms with Gasteiger partial charge in [0.15, 0.2) is 0 Å². The number of benzene rings is 2. The number of anilines is 1. The number of hydrogen-bond acceptors (Lipinski definition) is 5. The van der Waals surface area contributed by atoms with Gasteiger partial charge in [-0.15, -0.1) is 10.2 Å². The molecule has 6 nitrogen and oxygen atoms in total. The van der Waals surface area contributed by atoms with Gasteiger partial charge in [-0.3, -0.25) is 4.79 Å². The number of carbonyl (C=O) groups excluding carboxylic acids is 1. The topological polar surface area (TPSA) is 62.5 Å². The zero-order valence-electron chi connectivity index (χ0n) is 17.0. The summed E-state index contributed by atoms with van der Waals surface area (Å²) in [6.45, 7) is 7.33. The number of rotatable bonds is 5. The largest absolute Gasteiger partial charge is 0.421 e. The molecule has 0 radical (unpaired) electrons. The first-order chi connectivity index (χ1) is 14.1. The van der Waals surface area contributed by atoms with E-state index in [9.17, 15) is 4.79 Å². The summed E-state index contributed by atoms with van der Waals surface area (Å²) in [6.07, 6.45) is 0.857. The summed E-state index contributed by atoms with van der Waals surface area (Å²) in [4.78, 5) is 16.9. The minimum atomic E-state index is 0.143. The van der Waals surface area contributed by atoms with Crippen LogP contribution < -0.4 is 4.90 Å². The second-order valence-electron chi connectivity index (χ2n) is 7.57. The molecule has 0 saturated carbocycles. The Hall–Kier alpha value is -3.15. The van der Waals surface area contributed by atoms with Gasteiger partial charge in [-0.1, -0.05) is 29.8 Å². The highest BCUT2D eigenvalue weighted by Gasteiger charge is 2.22. The first-order valence-corrected chi connectivity index (χ1v) is 10.1. The summed E-state index contributed by atoms with van der Waals surface area (Å²) in [5.74, 6) is 1.15. The van der Waals surface area contributed by atoms with Crippen LogP contribution in [0, 0.1) is 13.8 Å². The Morgan fingerprint density at radius 1 is 0.966 bits per heavy atom. The Morgan fingerprint density at radius 3 is 2.45 bits per heavy atom. The lowest BCUT2D eigenvalue weighted by molar-refractivity contribution is -0.131. The van der Waals surface area contributed by atoms with Crippen LogP contribution in [0.4, 0.5) is 5.69 Å². The molecule has 2 aromatic carbocycles. The van der Waals surface area contributed by atoms with Gasteiger partial charge in [0.2, 0.25) is 17.7 Å². The van der Waals surface area contributed by atoms with Gasteiger partial charge in [0.05, 0.1) is 0 Å². The fourth-order valence-corrected chi connectivity index (χ4v) is 3.58. The van der Waals surface area contributed by atoms with Gasteiger partial charge in [0.1, 0.15) is 0 Å². The van der Waals surface area contributed by atoms with Crippen LogP contribution in [0.3, 0.4) is 0 Å². The highest BCUT2D eigenvalue weighted by Crippen LogP contribution is 2.20. The van der Waals surface area contributed by atoms with Crippen molar-refractivity contribution in [3.63, 3.8) is 0 Å². The van der Waals surface area contributed by atoms with E-state index in [4.69, 9.17) is 4.42 Å². The number of amides is 1. The van der Waals surface area contributed by atoms with Crippen LogP contribution in [-0.2, 0) is 11.2 Å². The zero-order chi connectivity index (χ0) is 20.2. The van der Waals surface area contributed by atoms with E-state index >= 15 is 0 Å². The number of hydrogen-bond donors (Lipinski definition) is 0. The highest BCUT2D eigenvalue weighted by atomic mass is 16.4. The Balaban J connectivity index is 1.28. The standard InChI is InChI=1S/C23H26N4O2/c1-17-6-8-19(9-7-17)23-25-24-21(29-23)10-11-22(28)27-14-12-26(13-15-27)20-5-3-4-18(2)16-20/h3-9,16H,10-15H2,1-2H3. The normalized spacial score (nSPS) is 14.3. The molecule has 29 heavy (non-hydrogen) atoms. The van der Waals surface area contributed by atoms with E-state index in [1.54, 1.807) is 0 Å². The third kappa shape index (κ3) is 4.65. The van der Waals surface area contributed by atoms with Gasteiger partial charge in [-0.2, -0.15) is 0 Å². The van der Waals surface area contributed by atoms with Crippen LogP contribution in [0.1, 0.15) is 23.4 Å². The molecule has 1 aliphatic heterocycles. The third-order valence-electron chi connectivity index (χ3n) is 5.32. The lowest BCUT2D eigenvalue weighted by Crippen LogP contribution is -2.48. The molecule has 1 aliphatic rings. The van der Waals surface area contributed by atoms with Gasteiger partial charge < -0.3 is 14.2 Å². The summed E-state index contributed by atoms with van der Waals surface area (Å²) < 4.78 is 5.73. The number of nitrogens with zero attached hydrogens (tertiary/aromatic N) is 4. The summed E-state index contributed by atoms with van der Waals surface area (Å²) in [5.41, 5.74) is 4.56. The summed E-state index contributed by atoms with van der Waals surface area (Å²) in [7, 11) is 0. The third-order valence-corrected chi connectivity index (χ3v) is 5.32. The molecule has 0 unspecified atom stereocenters. The number of piperazine rings is 1. The maximum atomic E-state index is 12.6. The van der Waals surface area contributed by atoms with Crippen molar-refractivity contribution in [3.8, 4) is 11.5 Å². The first kappa shape index (κ1) is 19.2. The van der Waals surface area contributed by atoms with Crippen LogP contribution >= 0.6 is 0 Å². The smallest absolute Gasteiger partial charge is 0.247 e. The van der Waals surface area contributed by atoms with E-state index in [0.717, 1.165) is 31.7 Å². The lowest BCUT2D eigenvalue weighted by atomic mass is 10.1. The molecule has 3 aromatic rings. The molecule has 0 atom stereocenters. The predicted molar refractivity (Wildman–Crippen MR) is 113 cm³/mol. The van der Waals surface area contributed by atoms with Crippen LogP contribution in [0.25, 0.3) is 11.5 Å². The van der Waals surface area contributed by atoms with Crippen molar-refractivity contribution in [3.05, 3.63) is 65.5 Å². The monoisotopic (exact) mass is 390 g/mol. The molecule has 0 spiro atoms. The highest BCUT2D eigenvalue weighted by molar-refractivity contribution is 5.76. The van der Waals surface area contributed by atoms with Crippen molar-refractivity contribution in [1.29, 1.82) is 0 Å². The molecule has 1 amide bonds. The molecule has 150 valence electrons. The van der Waals surface area contributed by atoms with Crippen LogP contribution in [0.5, 0.6) is 0 Å². The number of aryl methyl sites for hydroxylation is 3. The molecule has 6 heteroatoms. The molecule has 1 fully saturated rings. The van der Waals surface area contributed by atoms with Crippen molar-refractivity contribution in [2.75, 3.05) is 31.1 Å². The van der Waals surface area contributed by atoms with Crippen molar-refractivity contribution >= 4 is 11.6 Å². The van der Waals surface area contributed by atoms with E-state index in [1.165, 1.54) is 16.8 Å². The number of carbonyl (C=O) groups is 1. The van der Waals surface area contributed by atoms with E-state index < -0.39 is 0 Å². The van der Waals surface area contributed by atoms with Crippen LogP contribution in [0.15, 0.2) is 52.9 Å². The predicted octanol–water partition coefficient (Wildman–Crippen LogP) is 3.63. The summed E-state index contributed by atoms with van der Waals surface area (Å²) in [5, 5.41) is 8.21. The maximum absolute atomic E-state index is 12.6. The Labute approximate surface area is 171 Å². The molecular formula is C23H26N4O2. The minimum Gasteiger partial charge on any atom is -0.421 e. The molecule has 0 bridgehead atoms. The van der Waals surface area contributed by atoms with Gasteiger partial charge in [-0.05, 0) is 43.7 Å². The second kappa shape index (κ2) is 8.47. The van der Waals surface area contributed by atoms with Crippen molar-refractivity contribution in [2.45, 2.75) is 26.7 Å². The average Bonchev–Trinajstić information content (AvgIpc) is 3.22. The van der Waals surface area contributed by atoms with Crippen molar-refractivity contribution in [2.24, 2.45) is 0 Å². The molecule has 2 heterocycles. The van der Waals surface area contributed by atoms with E-state index in [-0.39, 0.29) is 5.91 Å². The Bertz CT molecular complexity index is 973. The minimum absolute atomic E-state index is 0.143. The maximum Gasteiger partial charge on any atom is 0.247 e. The lowest BCUT2D eigenvalue weighted by Gasteiger charge is -2.36. The fourth-order valence-electron chi connectivity index (χ4n) is 3.58. The van der Waals surface area contributed by atoms with Gasteiger partial charge in [0, 0.05) is 50.3 Å². The van der Waals surface area contributed by atoms with Crippen LogP contribution in [0.2, 0.25) is 0 Å². The molecule has 0 aliphatic carbocycles. The first-order valence-electron chi connectivity index (χ1n) is 10.1. The van der Waals surface area contributed by atoms with Gasteiger partial charge in [-0.25, -0.2) is 0 Å². The van der Waals surface area contributed by atoms with E-state index in [1.807, 2.05) is 36.1 Å². The fraction of sp³-hybridized carbons (Fsp3) is 0.348. The average molecular weight is 390 g/mol. The van der Waals surface area contributed by atoms with Crippen LogP contribution in [-0.4, -0.2) is 47.2 Å². The number of aromatic nitrogens is 2. The van der Waals surface area contributed by atoms with E-state index in [0.29, 0.717) is 24.6 Å². The molecule has 4 rings (SSSR count). The zero-order valence-corrected chi connectivity index (χ0v) is 17.0. The molecule has 1 aromatic heterocycles. The second-order valence-corrected chi connectivity index (χ2v) is 7.57. The van der Waals surface area contributed by atoms with Crippen molar-refractivity contribution in [1.82, 2.24) is 15.1 Å². The SMILES string of the molecule is Cc1ccc(-c2nnc(CCC(=O)N3CCN(c4cccc(C)c4)CC3)o2)cc1. The van der Waals surface area contributed by atoms with E-state index in [2.05, 4.69) is 46.3 Å². The summed E-state index contributed by atoms with van der Waals surface area (Å²) >= 11 is 0. The Kier molecular flexibility index (Phi) is 5.60.